The number of carbonyl (C=O) groups is 1. The lowest BCUT2D eigenvalue weighted by molar-refractivity contribution is -0.142. The maximum absolute atomic E-state index is 11.4. The Balaban J connectivity index is 1.91. The van der Waals surface area contributed by atoms with E-state index < -0.39 is 16.0 Å². The molecule has 7 heteroatoms. The minimum atomic E-state index is -3.09. The van der Waals surface area contributed by atoms with Gasteiger partial charge in [0.25, 0.3) is 0 Å². The van der Waals surface area contributed by atoms with E-state index in [9.17, 15) is 13.2 Å². The maximum Gasteiger partial charge on any atom is 0.308 e. The van der Waals surface area contributed by atoms with Crippen LogP contribution in [0.25, 0.3) is 0 Å². The van der Waals surface area contributed by atoms with Crippen LogP contribution in [0.15, 0.2) is 0 Å². The van der Waals surface area contributed by atoms with Gasteiger partial charge in [-0.1, -0.05) is 6.92 Å². The average Bonchev–Trinajstić information content (AvgIpc) is 2.70. The fourth-order valence-electron chi connectivity index (χ4n) is 3.16. The van der Waals surface area contributed by atoms with Gasteiger partial charge in [-0.2, -0.15) is 0 Å². The van der Waals surface area contributed by atoms with Gasteiger partial charge in [0.15, 0.2) is 0 Å². The zero-order valence-corrected chi connectivity index (χ0v) is 12.3. The second kappa shape index (κ2) is 5.38. The van der Waals surface area contributed by atoms with Crippen molar-refractivity contribution in [1.82, 2.24) is 9.21 Å². The predicted molar refractivity (Wildman–Crippen MR) is 71.3 cm³/mol. The Morgan fingerprint density at radius 1 is 1.21 bits per heavy atom. The van der Waals surface area contributed by atoms with E-state index in [4.69, 9.17) is 5.11 Å². The highest BCUT2D eigenvalue weighted by atomic mass is 32.2. The Morgan fingerprint density at radius 2 is 1.79 bits per heavy atom. The van der Waals surface area contributed by atoms with Crippen molar-refractivity contribution in [3.05, 3.63) is 0 Å². The van der Waals surface area contributed by atoms with Crippen molar-refractivity contribution in [3.8, 4) is 0 Å². The average molecular weight is 290 g/mol. The third-order valence-corrected chi connectivity index (χ3v) is 5.67. The molecule has 19 heavy (non-hydrogen) atoms. The molecule has 6 nitrogen and oxygen atoms in total. The Kier molecular flexibility index (Phi) is 4.17. The van der Waals surface area contributed by atoms with E-state index >= 15 is 0 Å². The molecule has 0 bridgehead atoms. The van der Waals surface area contributed by atoms with E-state index in [1.165, 1.54) is 10.6 Å². The Bertz CT molecular complexity index is 443. The second-order valence-corrected chi connectivity index (χ2v) is 7.75. The number of piperidine rings is 1. The van der Waals surface area contributed by atoms with E-state index in [1.54, 1.807) is 0 Å². The second-order valence-electron chi connectivity index (χ2n) is 5.77. The Hall–Kier alpha value is -0.660. The third-order valence-electron chi connectivity index (χ3n) is 4.37. The first-order valence-electron chi connectivity index (χ1n) is 6.71. The highest BCUT2D eigenvalue weighted by Gasteiger charge is 2.39. The number of likely N-dealkylation sites (tertiary alicyclic amines) is 1. The molecule has 0 aliphatic carbocycles. The SMILES string of the molecule is CC1CN(C2CCN(S(C)(=O)=O)CC2)CC1C(=O)O. The van der Waals surface area contributed by atoms with E-state index in [2.05, 4.69) is 4.90 Å². The largest absolute Gasteiger partial charge is 0.481 e. The number of hydrogen-bond acceptors (Lipinski definition) is 4. The highest BCUT2D eigenvalue weighted by molar-refractivity contribution is 7.88. The minimum Gasteiger partial charge on any atom is -0.481 e. The van der Waals surface area contributed by atoms with Gasteiger partial charge in [0.05, 0.1) is 12.2 Å². The summed E-state index contributed by atoms with van der Waals surface area (Å²) in [5, 5.41) is 9.13. The van der Waals surface area contributed by atoms with Crippen LogP contribution in [-0.4, -0.2) is 67.2 Å². The summed E-state index contributed by atoms with van der Waals surface area (Å²) in [6, 6.07) is 0.324. The summed E-state index contributed by atoms with van der Waals surface area (Å²) >= 11 is 0. The molecule has 110 valence electrons. The maximum atomic E-state index is 11.4. The molecule has 1 N–H and O–H groups in total. The molecule has 2 unspecified atom stereocenters. The van der Waals surface area contributed by atoms with Crippen LogP contribution >= 0.6 is 0 Å². The van der Waals surface area contributed by atoms with Gasteiger partial charge in [-0.25, -0.2) is 12.7 Å². The first-order valence-corrected chi connectivity index (χ1v) is 8.56. The third kappa shape index (κ3) is 3.27. The van der Waals surface area contributed by atoms with Gasteiger partial charge >= 0.3 is 5.97 Å². The molecule has 2 aliphatic rings. The van der Waals surface area contributed by atoms with Gasteiger partial charge < -0.3 is 5.11 Å². The molecule has 0 aromatic rings. The molecule has 0 aromatic carbocycles. The molecule has 0 spiro atoms. The van der Waals surface area contributed by atoms with Crippen LogP contribution in [0.4, 0.5) is 0 Å². The molecular weight excluding hydrogens is 268 g/mol. The summed E-state index contributed by atoms with van der Waals surface area (Å²) in [6.07, 6.45) is 2.84. The van der Waals surface area contributed by atoms with Crippen LogP contribution in [0.5, 0.6) is 0 Å². The summed E-state index contributed by atoms with van der Waals surface area (Å²) in [5.74, 6) is -0.832. The summed E-state index contributed by atoms with van der Waals surface area (Å²) in [5.41, 5.74) is 0. The zero-order valence-electron chi connectivity index (χ0n) is 11.4. The number of hydrogen-bond donors (Lipinski definition) is 1. The highest BCUT2D eigenvalue weighted by Crippen LogP contribution is 2.28. The molecule has 0 amide bonds. The lowest BCUT2D eigenvalue weighted by Crippen LogP contribution is -2.46. The van der Waals surface area contributed by atoms with Crippen molar-refractivity contribution in [3.63, 3.8) is 0 Å². The van der Waals surface area contributed by atoms with Crippen molar-refractivity contribution < 1.29 is 18.3 Å². The molecule has 0 saturated carbocycles. The molecule has 2 fully saturated rings. The van der Waals surface area contributed by atoms with Crippen LogP contribution in [0.2, 0.25) is 0 Å². The predicted octanol–water partition coefficient (Wildman–Crippen LogP) is 0.0629. The molecule has 2 heterocycles. The van der Waals surface area contributed by atoms with E-state index in [0.29, 0.717) is 25.7 Å². The summed E-state index contributed by atoms with van der Waals surface area (Å²) in [7, 11) is -3.09. The van der Waals surface area contributed by atoms with E-state index in [-0.39, 0.29) is 11.8 Å². The van der Waals surface area contributed by atoms with Crippen LogP contribution in [-0.2, 0) is 14.8 Å². The van der Waals surface area contributed by atoms with Crippen molar-refractivity contribution in [2.45, 2.75) is 25.8 Å². The Morgan fingerprint density at radius 3 is 2.21 bits per heavy atom. The summed E-state index contributed by atoms with van der Waals surface area (Å²) in [4.78, 5) is 13.3. The summed E-state index contributed by atoms with van der Waals surface area (Å²) < 4.78 is 24.4. The van der Waals surface area contributed by atoms with Crippen LogP contribution in [0.3, 0.4) is 0 Å². The van der Waals surface area contributed by atoms with Crippen molar-refractivity contribution >= 4 is 16.0 Å². The summed E-state index contributed by atoms with van der Waals surface area (Å²) in [6.45, 7) is 4.48. The molecule has 0 aromatic heterocycles. The minimum absolute atomic E-state index is 0.172. The topological polar surface area (TPSA) is 77.9 Å². The number of carboxylic acid groups (broad SMARTS) is 1. The fraction of sp³-hybridized carbons (Fsp3) is 0.917. The van der Waals surface area contributed by atoms with E-state index in [0.717, 1.165) is 19.4 Å². The number of carboxylic acids is 1. The molecular formula is C12H22N2O4S. The lowest BCUT2D eigenvalue weighted by atomic mass is 9.99. The number of sulfonamides is 1. The van der Waals surface area contributed by atoms with Crippen molar-refractivity contribution in [2.24, 2.45) is 11.8 Å². The lowest BCUT2D eigenvalue weighted by Gasteiger charge is -2.35. The molecule has 2 aliphatic heterocycles. The van der Waals surface area contributed by atoms with Gasteiger partial charge in [-0.3, -0.25) is 9.69 Å². The van der Waals surface area contributed by atoms with Gasteiger partial charge in [0.2, 0.25) is 10.0 Å². The molecule has 2 atom stereocenters. The molecule has 2 rings (SSSR count). The Labute approximate surface area is 114 Å². The number of aliphatic carboxylic acids is 1. The first kappa shape index (κ1) is 14.7. The van der Waals surface area contributed by atoms with Crippen LogP contribution < -0.4 is 0 Å². The standard InChI is InChI=1S/C12H22N2O4S/c1-9-7-13(8-11(9)12(15)16)10-3-5-14(6-4-10)19(2,17)18/h9-11H,3-8H2,1-2H3,(H,15,16). The van der Waals surface area contributed by atoms with Crippen LogP contribution in [0, 0.1) is 11.8 Å². The number of nitrogens with zero attached hydrogens (tertiary/aromatic N) is 2. The van der Waals surface area contributed by atoms with Gasteiger partial charge in [-0.05, 0) is 18.8 Å². The van der Waals surface area contributed by atoms with Gasteiger partial charge in [0, 0.05) is 32.2 Å². The normalized spacial score (nSPS) is 31.7. The monoisotopic (exact) mass is 290 g/mol. The first-order chi connectivity index (χ1) is 8.79. The van der Waals surface area contributed by atoms with Gasteiger partial charge in [-0.15, -0.1) is 0 Å². The number of rotatable bonds is 3. The van der Waals surface area contributed by atoms with Gasteiger partial charge in [0.1, 0.15) is 0 Å². The van der Waals surface area contributed by atoms with E-state index in [1.807, 2.05) is 6.92 Å². The zero-order chi connectivity index (χ0) is 14.2. The molecule has 0 radical (unpaired) electrons. The quantitative estimate of drug-likeness (QED) is 0.795. The smallest absolute Gasteiger partial charge is 0.308 e. The van der Waals surface area contributed by atoms with Crippen molar-refractivity contribution in [1.29, 1.82) is 0 Å². The van der Waals surface area contributed by atoms with Crippen LogP contribution in [0.1, 0.15) is 19.8 Å². The van der Waals surface area contributed by atoms with Crippen molar-refractivity contribution in [2.75, 3.05) is 32.4 Å². The fourth-order valence-corrected chi connectivity index (χ4v) is 4.04. The molecule has 2 saturated heterocycles.